The molecule has 0 amide bonds. The van der Waals surface area contributed by atoms with Gasteiger partial charge in [-0.3, -0.25) is 4.79 Å². The molecule has 2 aromatic rings. The van der Waals surface area contributed by atoms with Gasteiger partial charge in [-0.15, -0.1) is 0 Å². The highest BCUT2D eigenvalue weighted by Crippen LogP contribution is 2.22. The van der Waals surface area contributed by atoms with Crippen molar-refractivity contribution >= 4 is 21.9 Å². The number of nitrogens with zero attached hydrogens (tertiary/aromatic N) is 2. The predicted octanol–water partition coefficient (Wildman–Crippen LogP) is 2.40. The first-order valence-corrected chi connectivity index (χ1v) is 5.44. The molecule has 0 bridgehead atoms. The van der Waals surface area contributed by atoms with Crippen LogP contribution in [0.5, 0.6) is 0 Å². The number of carboxylic acids is 1. The molecule has 0 aliphatic heterocycles. The van der Waals surface area contributed by atoms with Gasteiger partial charge in [-0.1, -0.05) is 28.1 Å². The standard InChI is InChI=1S/C11H9BrN2O2/c12-9-3-1-2-8(4-9)10-5-13-7-14(10)6-11(15)16/h1-5,7H,6H2,(H,15,16). The second-order valence-electron chi connectivity index (χ2n) is 3.31. The third-order valence-corrected chi connectivity index (χ3v) is 2.63. The van der Waals surface area contributed by atoms with Crippen LogP contribution in [0.2, 0.25) is 0 Å². The minimum atomic E-state index is -0.880. The van der Waals surface area contributed by atoms with Crippen LogP contribution >= 0.6 is 15.9 Å². The minimum Gasteiger partial charge on any atom is -0.480 e. The van der Waals surface area contributed by atoms with E-state index < -0.39 is 5.97 Å². The zero-order valence-electron chi connectivity index (χ0n) is 8.30. The van der Waals surface area contributed by atoms with Crippen molar-refractivity contribution in [2.45, 2.75) is 6.54 Å². The number of hydrogen-bond donors (Lipinski definition) is 1. The van der Waals surface area contributed by atoms with Crippen LogP contribution in [0.1, 0.15) is 0 Å². The summed E-state index contributed by atoms with van der Waals surface area (Å²) in [4.78, 5) is 14.6. The molecule has 82 valence electrons. The molecule has 0 unspecified atom stereocenters. The second-order valence-corrected chi connectivity index (χ2v) is 4.23. The first-order valence-electron chi connectivity index (χ1n) is 4.64. The summed E-state index contributed by atoms with van der Waals surface area (Å²) >= 11 is 3.38. The predicted molar refractivity (Wildman–Crippen MR) is 63.0 cm³/mol. The van der Waals surface area contributed by atoms with Crippen molar-refractivity contribution in [1.29, 1.82) is 0 Å². The van der Waals surface area contributed by atoms with Crippen LogP contribution in [0, 0.1) is 0 Å². The maximum absolute atomic E-state index is 10.7. The molecular weight excluding hydrogens is 272 g/mol. The molecule has 0 saturated carbocycles. The molecule has 0 aliphatic rings. The zero-order chi connectivity index (χ0) is 11.5. The lowest BCUT2D eigenvalue weighted by Crippen LogP contribution is -2.08. The van der Waals surface area contributed by atoms with E-state index in [0.717, 1.165) is 15.7 Å². The monoisotopic (exact) mass is 280 g/mol. The Labute approximate surface area is 101 Å². The Morgan fingerprint density at radius 3 is 3.00 bits per heavy atom. The molecule has 2 rings (SSSR count). The molecule has 0 fully saturated rings. The van der Waals surface area contributed by atoms with Crippen LogP contribution in [0.4, 0.5) is 0 Å². The van der Waals surface area contributed by atoms with E-state index in [1.165, 1.54) is 6.33 Å². The van der Waals surface area contributed by atoms with Gasteiger partial charge in [0.1, 0.15) is 6.54 Å². The van der Waals surface area contributed by atoms with Crippen LogP contribution < -0.4 is 0 Å². The van der Waals surface area contributed by atoms with E-state index in [9.17, 15) is 4.79 Å². The minimum absolute atomic E-state index is 0.0815. The average molecular weight is 281 g/mol. The molecule has 0 atom stereocenters. The van der Waals surface area contributed by atoms with Crippen LogP contribution in [0.25, 0.3) is 11.3 Å². The normalized spacial score (nSPS) is 10.3. The number of imidazole rings is 1. The fourth-order valence-corrected chi connectivity index (χ4v) is 1.88. The van der Waals surface area contributed by atoms with Crippen molar-refractivity contribution in [1.82, 2.24) is 9.55 Å². The number of hydrogen-bond acceptors (Lipinski definition) is 2. The SMILES string of the molecule is O=C(O)Cn1cncc1-c1cccc(Br)c1. The van der Waals surface area contributed by atoms with Gasteiger partial charge in [0.2, 0.25) is 0 Å². The van der Waals surface area contributed by atoms with Gasteiger partial charge in [0, 0.05) is 10.0 Å². The summed E-state index contributed by atoms with van der Waals surface area (Å²) < 4.78 is 2.55. The molecule has 0 spiro atoms. The first kappa shape index (κ1) is 10.9. The van der Waals surface area contributed by atoms with Crippen molar-refractivity contribution in [2.75, 3.05) is 0 Å². The lowest BCUT2D eigenvalue weighted by atomic mass is 10.2. The van der Waals surface area contributed by atoms with Gasteiger partial charge < -0.3 is 9.67 Å². The highest BCUT2D eigenvalue weighted by Gasteiger charge is 2.07. The van der Waals surface area contributed by atoms with Crippen LogP contribution in [-0.2, 0) is 11.3 Å². The van der Waals surface area contributed by atoms with E-state index in [-0.39, 0.29) is 6.54 Å². The summed E-state index contributed by atoms with van der Waals surface area (Å²) in [5.41, 5.74) is 1.73. The summed E-state index contributed by atoms with van der Waals surface area (Å²) in [6, 6.07) is 7.66. The molecule has 0 radical (unpaired) electrons. The number of carboxylic acid groups (broad SMARTS) is 1. The van der Waals surface area contributed by atoms with Crippen LogP contribution in [0.15, 0.2) is 41.3 Å². The smallest absolute Gasteiger partial charge is 0.323 e. The van der Waals surface area contributed by atoms with Crippen molar-refractivity contribution < 1.29 is 9.90 Å². The Bertz CT molecular complexity index is 522. The third kappa shape index (κ3) is 2.30. The van der Waals surface area contributed by atoms with Gasteiger partial charge in [0.15, 0.2) is 0 Å². The zero-order valence-corrected chi connectivity index (χ0v) is 9.89. The number of carbonyl (C=O) groups is 1. The highest BCUT2D eigenvalue weighted by molar-refractivity contribution is 9.10. The first-order chi connectivity index (χ1) is 7.66. The Morgan fingerprint density at radius 1 is 1.50 bits per heavy atom. The van der Waals surface area contributed by atoms with Gasteiger partial charge in [-0.2, -0.15) is 0 Å². The number of aliphatic carboxylic acids is 1. The molecule has 1 heterocycles. The maximum atomic E-state index is 10.7. The van der Waals surface area contributed by atoms with Crippen molar-refractivity contribution in [3.63, 3.8) is 0 Å². The van der Waals surface area contributed by atoms with E-state index >= 15 is 0 Å². The summed E-state index contributed by atoms with van der Waals surface area (Å²) in [5, 5.41) is 8.75. The van der Waals surface area contributed by atoms with Crippen molar-refractivity contribution in [3.8, 4) is 11.3 Å². The van der Waals surface area contributed by atoms with E-state index in [4.69, 9.17) is 5.11 Å². The van der Waals surface area contributed by atoms with Crippen molar-refractivity contribution in [2.24, 2.45) is 0 Å². The summed E-state index contributed by atoms with van der Waals surface area (Å²) in [7, 11) is 0. The fourth-order valence-electron chi connectivity index (χ4n) is 1.48. The molecule has 0 saturated heterocycles. The molecule has 1 N–H and O–H groups in total. The Morgan fingerprint density at radius 2 is 2.31 bits per heavy atom. The van der Waals surface area contributed by atoms with Crippen LogP contribution in [0.3, 0.4) is 0 Å². The van der Waals surface area contributed by atoms with Gasteiger partial charge in [0.25, 0.3) is 0 Å². The average Bonchev–Trinajstić information content (AvgIpc) is 2.65. The van der Waals surface area contributed by atoms with Gasteiger partial charge in [-0.05, 0) is 12.1 Å². The Balaban J connectivity index is 2.40. The van der Waals surface area contributed by atoms with Gasteiger partial charge in [-0.25, -0.2) is 4.98 Å². The Kier molecular flexibility index (Phi) is 3.05. The van der Waals surface area contributed by atoms with Crippen LogP contribution in [-0.4, -0.2) is 20.6 Å². The lowest BCUT2D eigenvalue weighted by Gasteiger charge is -2.05. The molecule has 0 aliphatic carbocycles. The number of aromatic nitrogens is 2. The fraction of sp³-hybridized carbons (Fsp3) is 0.0909. The topological polar surface area (TPSA) is 55.1 Å². The number of halogens is 1. The third-order valence-electron chi connectivity index (χ3n) is 2.14. The second kappa shape index (κ2) is 4.49. The quantitative estimate of drug-likeness (QED) is 0.939. The summed E-state index contributed by atoms with van der Waals surface area (Å²) in [6.07, 6.45) is 3.18. The molecule has 5 heteroatoms. The van der Waals surface area contributed by atoms with E-state index in [0.29, 0.717) is 0 Å². The van der Waals surface area contributed by atoms with E-state index in [2.05, 4.69) is 20.9 Å². The lowest BCUT2D eigenvalue weighted by molar-refractivity contribution is -0.137. The summed E-state index contributed by atoms with van der Waals surface area (Å²) in [5.74, 6) is -0.880. The van der Waals surface area contributed by atoms with E-state index in [1.54, 1.807) is 10.8 Å². The van der Waals surface area contributed by atoms with Gasteiger partial charge in [0.05, 0.1) is 18.2 Å². The molecule has 4 nitrogen and oxygen atoms in total. The molecule has 16 heavy (non-hydrogen) atoms. The summed E-state index contributed by atoms with van der Waals surface area (Å²) in [6.45, 7) is -0.0815. The highest BCUT2D eigenvalue weighted by atomic mass is 79.9. The van der Waals surface area contributed by atoms with E-state index in [1.807, 2.05) is 24.3 Å². The number of rotatable bonds is 3. The van der Waals surface area contributed by atoms with Crippen molar-refractivity contribution in [3.05, 3.63) is 41.3 Å². The largest absolute Gasteiger partial charge is 0.480 e. The maximum Gasteiger partial charge on any atom is 0.323 e. The molecular formula is C11H9BrN2O2. The molecule has 1 aromatic heterocycles. The molecule has 1 aromatic carbocycles. The van der Waals surface area contributed by atoms with Gasteiger partial charge >= 0.3 is 5.97 Å². The number of benzene rings is 1. The Hall–Kier alpha value is -1.62.